The zero-order chi connectivity index (χ0) is 12.3. The number of hydrogen-bond acceptors (Lipinski definition) is 4. The number of benzene rings is 1. The summed E-state index contributed by atoms with van der Waals surface area (Å²) in [5, 5.41) is 9.64. The second kappa shape index (κ2) is 5.14. The van der Waals surface area contributed by atoms with Crippen LogP contribution in [0.2, 0.25) is 0 Å². The van der Waals surface area contributed by atoms with Crippen LogP contribution in [0.15, 0.2) is 6.07 Å². The average molecular weight is 229 g/mol. The number of aliphatic hydroxyl groups is 1. The number of aryl methyl sites for hydroxylation is 1. The smallest absolute Gasteiger partial charge is 0.207 e. The van der Waals surface area contributed by atoms with Crippen molar-refractivity contribution < 1.29 is 19.0 Å². The molecule has 1 atom stereocenters. The van der Waals surface area contributed by atoms with Crippen molar-refractivity contribution in [3.8, 4) is 11.5 Å². The Morgan fingerprint density at radius 3 is 2.38 bits per heavy atom. The van der Waals surface area contributed by atoms with Crippen LogP contribution in [0, 0.1) is 12.7 Å². The monoisotopic (exact) mass is 229 g/mol. The number of halogens is 1. The predicted molar refractivity (Wildman–Crippen MR) is 58.3 cm³/mol. The molecule has 0 fully saturated rings. The van der Waals surface area contributed by atoms with Gasteiger partial charge in [-0.05, 0) is 18.6 Å². The first kappa shape index (κ1) is 12.7. The molecule has 1 aromatic carbocycles. The van der Waals surface area contributed by atoms with Crippen LogP contribution in [-0.4, -0.2) is 25.9 Å². The van der Waals surface area contributed by atoms with Crippen LogP contribution in [0.1, 0.15) is 17.2 Å². The summed E-state index contributed by atoms with van der Waals surface area (Å²) in [5.74, 6) is -0.530. The molecule has 0 aliphatic rings. The van der Waals surface area contributed by atoms with Gasteiger partial charge in [0, 0.05) is 12.1 Å². The Bertz CT molecular complexity index is 382. The van der Waals surface area contributed by atoms with Gasteiger partial charge in [-0.3, -0.25) is 0 Å². The van der Waals surface area contributed by atoms with Gasteiger partial charge in [0.05, 0.1) is 20.3 Å². The van der Waals surface area contributed by atoms with E-state index in [1.807, 2.05) is 0 Å². The SMILES string of the molecule is COc1c(C)cc(C(O)CN)c(OC)c1F. The minimum absolute atomic E-state index is 0.00156. The summed E-state index contributed by atoms with van der Waals surface area (Å²) >= 11 is 0. The molecule has 1 rings (SSSR count). The minimum Gasteiger partial charge on any atom is -0.493 e. The topological polar surface area (TPSA) is 64.7 Å². The zero-order valence-electron chi connectivity index (χ0n) is 9.58. The molecule has 4 nitrogen and oxygen atoms in total. The van der Waals surface area contributed by atoms with Gasteiger partial charge in [0.2, 0.25) is 5.82 Å². The molecular formula is C11H16FNO3. The van der Waals surface area contributed by atoms with Crippen LogP contribution in [0.4, 0.5) is 4.39 Å². The molecule has 0 amide bonds. The minimum atomic E-state index is -0.950. The molecule has 5 heteroatoms. The maximum absolute atomic E-state index is 13.9. The fraction of sp³-hybridized carbons (Fsp3) is 0.455. The van der Waals surface area contributed by atoms with Crippen LogP contribution in [0.5, 0.6) is 11.5 Å². The van der Waals surface area contributed by atoms with E-state index >= 15 is 0 Å². The summed E-state index contributed by atoms with van der Waals surface area (Å²) < 4.78 is 23.7. The van der Waals surface area contributed by atoms with E-state index in [0.29, 0.717) is 11.1 Å². The highest BCUT2D eigenvalue weighted by Crippen LogP contribution is 2.36. The molecule has 0 aromatic heterocycles. The lowest BCUT2D eigenvalue weighted by Crippen LogP contribution is -2.14. The molecule has 3 N–H and O–H groups in total. The van der Waals surface area contributed by atoms with E-state index in [9.17, 15) is 9.50 Å². The molecule has 1 unspecified atom stereocenters. The number of aliphatic hydroxyl groups excluding tert-OH is 1. The summed E-state index contributed by atoms with van der Waals surface area (Å²) in [6.45, 7) is 1.69. The van der Waals surface area contributed by atoms with Crippen LogP contribution in [-0.2, 0) is 0 Å². The number of ether oxygens (including phenoxy) is 2. The highest BCUT2D eigenvalue weighted by atomic mass is 19.1. The number of rotatable bonds is 4. The Balaban J connectivity index is 3.40. The lowest BCUT2D eigenvalue weighted by atomic mass is 10.0. The normalized spacial score (nSPS) is 12.4. The van der Waals surface area contributed by atoms with E-state index in [1.165, 1.54) is 14.2 Å². The van der Waals surface area contributed by atoms with Gasteiger partial charge in [0.25, 0.3) is 0 Å². The van der Waals surface area contributed by atoms with Gasteiger partial charge in [-0.1, -0.05) is 0 Å². The molecule has 90 valence electrons. The number of nitrogens with two attached hydrogens (primary N) is 1. The summed E-state index contributed by atoms with van der Waals surface area (Å²) in [6, 6.07) is 1.61. The van der Waals surface area contributed by atoms with Crippen LogP contribution < -0.4 is 15.2 Å². The Hall–Kier alpha value is -1.33. The molecule has 16 heavy (non-hydrogen) atoms. The maximum Gasteiger partial charge on any atom is 0.207 e. The lowest BCUT2D eigenvalue weighted by molar-refractivity contribution is 0.180. The van der Waals surface area contributed by atoms with E-state index in [2.05, 4.69) is 0 Å². The second-order valence-corrected chi connectivity index (χ2v) is 3.41. The third kappa shape index (κ3) is 2.10. The van der Waals surface area contributed by atoms with Gasteiger partial charge in [0.15, 0.2) is 11.5 Å². The van der Waals surface area contributed by atoms with Crippen molar-refractivity contribution in [3.05, 3.63) is 23.0 Å². The Morgan fingerprint density at radius 2 is 1.94 bits per heavy atom. The van der Waals surface area contributed by atoms with E-state index in [1.54, 1.807) is 13.0 Å². The van der Waals surface area contributed by atoms with Crippen molar-refractivity contribution in [2.45, 2.75) is 13.0 Å². The second-order valence-electron chi connectivity index (χ2n) is 3.41. The molecule has 0 radical (unpaired) electrons. The zero-order valence-corrected chi connectivity index (χ0v) is 9.58. The quantitative estimate of drug-likeness (QED) is 0.812. The van der Waals surface area contributed by atoms with Crippen molar-refractivity contribution in [2.24, 2.45) is 5.73 Å². The molecule has 0 spiro atoms. The van der Waals surface area contributed by atoms with Gasteiger partial charge < -0.3 is 20.3 Å². The molecule has 0 aliphatic heterocycles. The van der Waals surface area contributed by atoms with E-state index in [-0.39, 0.29) is 18.0 Å². The molecule has 0 saturated carbocycles. The Labute approximate surface area is 93.8 Å². The van der Waals surface area contributed by atoms with Gasteiger partial charge in [0.1, 0.15) is 0 Å². The summed E-state index contributed by atoms with van der Waals surface area (Å²) in [5.41, 5.74) is 6.26. The van der Waals surface area contributed by atoms with Crippen molar-refractivity contribution in [1.29, 1.82) is 0 Å². The van der Waals surface area contributed by atoms with Crippen molar-refractivity contribution in [2.75, 3.05) is 20.8 Å². The van der Waals surface area contributed by atoms with E-state index in [4.69, 9.17) is 15.2 Å². The molecule has 0 heterocycles. The van der Waals surface area contributed by atoms with Crippen molar-refractivity contribution in [1.82, 2.24) is 0 Å². The van der Waals surface area contributed by atoms with Gasteiger partial charge >= 0.3 is 0 Å². The summed E-state index contributed by atoms with van der Waals surface area (Å²) in [7, 11) is 2.71. The molecule has 0 bridgehead atoms. The highest BCUT2D eigenvalue weighted by Gasteiger charge is 2.21. The van der Waals surface area contributed by atoms with Crippen LogP contribution in [0.25, 0.3) is 0 Å². The largest absolute Gasteiger partial charge is 0.493 e. The molecule has 0 saturated heterocycles. The fourth-order valence-corrected chi connectivity index (χ4v) is 1.60. The average Bonchev–Trinajstić information content (AvgIpc) is 2.28. The van der Waals surface area contributed by atoms with Gasteiger partial charge in [-0.15, -0.1) is 0 Å². The third-order valence-electron chi connectivity index (χ3n) is 2.38. The van der Waals surface area contributed by atoms with Gasteiger partial charge in [-0.25, -0.2) is 0 Å². The summed E-state index contributed by atoms with van der Waals surface area (Å²) in [6.07, 6.45) is -0.950. The van der Waals surface area contributed by atoms with Crippen LogP contribution in [0.3, 0.4) is 0 Å². The fourth-order valence-electron chi connectivity index (χ4n) is 1.60. The van der Waals surface area contributed by atoms with E-state index in [0.717, 1.165) is 0 Å². The van der Waals surface area contributed by atoms with Crippen LogP contribution >= 0.6 is 0 Å². The number of methoxy groups -OCH3 is 2. The summed E-state index contributed by atoms with van der Waals surface area (Å²) in [4.78, 5) is 0. The standard InChI is InChI=1S/C11H16FNO3/c1-6-4-7(8(14)5-13)11(16-3)9(12)10(6)15-2/h4,8,14H,5,13H2,1-3H3. The first-order valence-electron chi connectivity index (χ1n) is 4.85. The van der Waals surface area contributed by atoms with E-state index < -0.39 is 11.9 Å². The molecular weight excluding hydrogens is 213 g/mol. The van der Waals surface area contributed by atoms with Crippen molar-refractivity contribution >= 4 is 0 Å². The van der Waals surface area contributed by atoms with Crippen molar-refractivity contribution in [3.63, 3.8) is 0 Å². The molecule has 0 aliphatic carbocycles. The Kier molecular flexibility index (Phi) is 4.09. The molecule has 1 aromatic rings. The van der Waals surface area contributed by atoms with Gasteiger partial charge in [-0.2, -0.15) is 4.39 Å². The first-order valence-corrected chi connectivity index (χ1v) is 4.85. The Morgan fingerprint density at radius 1 is 1.38 bits per heavy atom. The highest BCUT2D eigenvalue weighted by molar-refractivity contribution is 5.48. The maximum atomic E-state index is 13.9. The third-order valence-corrected chi connectivity index (χ3v) is 2.38. The number of hydrogen-bond donors (Lipinski definition) is 2. The first-order chi connectivity index (χ1) is 7.56. The lowest BCUT2D eigenvalue weighted by Gasteiger charge is -2.17. The predicted octanol–water partition coefficient (Wildman–Crippen LogP) is 1.14.